The van der Waals surface area contributed by atoms with Crippen LogP contribution >= 0.6 is 11.6 Å². The molecule has 0 aliphatic carbocycles. The van der Waals surface area contributed by atoms with E-state index in [4.69, 9.17) is 17.3 Å². The van der Waals surface area contributed by atoms with Gasteiger partial charge >= 0.3 is 0 Å². The maximum absolute atomic E-state index is 13.3. The first-order chi connectivity index (χ1) is 8.67. The summed E-state index contributed by atoms with van der Waals surface area (Å²) in [6, 6.07) is 4.76. The van der Waals surface area contributed by atoms with Crippen LogP contribution in [-0.4, -0.2) is 24.5 Å². The van der Waals surface area contributed by atoms with Gasteiger partial charge in [0.05, 0.1) is 0 Å². The number of benzene rings is 1. The highest BCUT2D eigenvalue weighted by Crippen LogP contribution is 2.22. The average Bonchev–Trinajstić information content (AvgIpc) is 2.28. The Balaban J connectivity index is 1.95. The van der Waals surface area contributed by atoms with Crippen LogP contribution in [0.5, 0.6) is 0 Å². The average molecular weight is 271 g/mol. The van der Waals surface area contributed by atoms with Crippen LogP contribution in [0.3, 0.4) is 0 Å². The first-order valence-corrected chi connectivity index (χ1v) is 6.92. The molecule has 2 N–H and O–H groups in total. The number of nitrogens with two attached hydrogens (primary N) is 1. The molecular weight excluding hydrogens is 251 g/mol. The maximum Gasteiger partial charge on any atom is 0.125 e. The van der Waals surface area contributed by atoms with Gasteiger partial charge in [-0.25, -0.2) is 4.39 Å². The normalized spacial score (nSPS) is 21.2. The lowest BCUT2D eigenvalue weighted by molar-refractivity contribution is 0.163. The summed E-state index contributed by atoms with van der Waals surface area (Å²) in [5.41, 5.74) is 6.56. The fourth-order valence-electron chi connectivity index (χ4n) is 2.73. The zero-order valence-corrected chi connectivity index (χ0v) is 11.3. The Labute approximate surface area is 113 Å². The molecule has 1 aromatic rings. The Kier molecular flexibility index (Phi) is 4.98. The van der Waals surface area contributed by atoms with Crippen LogP contribution in [0, 0.1) is 11.7 Å². The van der Waals surface area contributed by atoms with Gasteiger partial charge in [-0.15, -0.1) is 0 Å². The Morgan fingerprint density at radius 2 is 2.22 bits per heavy atom. The molecule has 2 nitrogen and oxygen atoms in total. The molecule has 1 aliphatic heterocycles. The molecule has 1 aromatic carbocycles. The van der Waals surface area contributed by atoms with Crippen LogP contribution < -0.4 is 5.73 Å². The second-order valence-electron chi connectivity index (χ2n) is 5.10. The molecule has 1 fully saturated rings. The monoisotopic (exact) mass is 270 g/mol. The van der Waals surface area contributed by atoms with Crippen molar-refractivity contribution >= 4 is 11.6 Å². The summed E-state index contributed by atoms with van der Waals surface area (Å²) in [5.74, 6) is 0.431. The Bertz CT molecular complexity index is 375. The van der Waals surface area contributed by atoms with Gasteiger partial charge in [0.25, 0.3) is 0 Å². The van der Waals surface area contributed by atoms with Crippen molar-refractivity contribution in [3.8, 4) is 0 Å². The lowest BCUT2D eigenvalue weighted by Crippen LogP contribution is -2.35. The predicted molar refractivity (Wildman–Crippen MR) is 73.1 cm³/mol. The summed E-state index contributed by atoms with van der Waals surface area (Å²) in [7, 11) is 0. The van der Waals surface area contributed by atoms with Crippen LogP contribution in [0.1, 0.15) is 24.8 Å². The van der Waals surface area contributed by atoms with Crippen LogP contribution in [0.15, 0.2) is 18.2 Å². The van der Waals surface area contributed by atoms with Gasteiger partial charge in [0.15, 0.2) is 0 Å². The van der Waals surface area contributed by atoms with Crippen LogP contribution in [0.25, 0.3) is 0 Å². The molecule has 0 saturated carbocycles. The molecule has 1 atom stereocenters. The van der Waals surface area contributed by atoms with Gasteiger partial charge in [-0.05, 0) is 62.0 Å². The number of nitrogens with zero attached hydrogens (tertiary/aromatic N) is 1. The van der Waals surface area contributed by atoms with Crippen molar-refractivity contribution in [3.63, 3.8) is 0 Å². The van der Waals surface area contributed by atoms with E-state index in [-0.39, 0.29) is 5.82 Å². The number of hydrogen-bond acceptors (Lipinski definition) is 2. The van der Waals surface area contributed by atoms with E-state index in [0.29, 0.717) is 10.9 Å². The molecule has 18 heavy (non-hydrogen) atoms. The Morgan fingerprint density at radius 1 is 1.39 bits per heavy atom. The number of hydrogen-bond donors (Lipinski definition) is 1. The maximum atomic E-state index is 13.3. The van der Waals surface area contributed by atoms with E-state index < -0.39 is 0 Å². The van der Waals surface area contributed by atoms with E-state index in [1.165, 1.54) is 18.9 Å². The van der Waals surface area contributed by atoms with Crippen LogP contribution in [0.4, 0.5) is 4.39 Å². The molecule has 0 amide bonds. The minimum Gasteiger partial charge on any atom is -0.330 e. The molecule has 0 bridgehead atoms. The molecule has 2 rings (SSSR count). The van der Waals surface area contributed by atoms with E-state index >= 15 is 0 Å². The molecule has 1 unspecified atom stereocenters. The Morgan fingerprint density at radius 3 is 2.94 bits per heavy atom. The Hall–Kier alpha value is -0.640. The second kappa shape index (κ2) is 6.50. The van der Waals surface area contributed by atoms with E-state index in [1.54, 1.807) is 6.07 Å². The molecule has 100 valence electrons. The lowest BCUT2D eigenvalue weighted by Gasteiger charge is -2.32. The number of piperidine rings is 1. The first kappa shape index (κ1) is 13.8. The molecule has 0 spiro atoms. The van der Waals surface area contributed by atoms with Crippen molar-refractivity contribution in [2.45, 2.75) is 25.8 Å². The summed E-state index contributed by atoms with van der Waals surface area (Å²) in [6.45, 7) is 3.67. The fourth-order valence-corrected chi connectivity index (χ4v) is 2.97. The van der Waals surface area contributed by atoms with Crippen molar-refractivity contribution in [3.05, 3.63) is 34.6 Å². The standard InChI is InChI=1S/C14H20ClFN2/c15-13-6-12(7-14(16)8-13)10-18-5-1-2-11(9-18)3-4-17/h6-8,11H,1-5,9-10,17H2. The number of halogens is 2. The topological polar surface area (TPSA) is 29.3 Å². The van der Waals surface area contributed by atoms with Gasteiger partial charge in [0.1, 0.15) is 5.82 Å². The highest BCUT2D eigenvalue weighted by atomic mass is 35.5. The highest BCUT2D eigenvalue weighted by Gasteiger charge is 2.19. The van der Waals surface area contributed by atoms with E-state index in [0.717, 1.165) is 38.2 Å². The van der Waals surface area contributed by atoms with E-state index in [2.05, 4.69) is 4.90 Å². The molecule has 4 heteroatoms. The number of likely N-dealkylation sites (tertiary alicyclic amines) is 1. The quantitative estimate of drug-likeness (QED) is 0.911. The van der Waals surface area contributed by atoms with Crippen molar-refractivity contribution in [2.75, 3.05) is 19.6 Å². The summed E-state index contributed by atoms with van der Waals surface area (Å²) in [6.07, 6.45) is 3.55. The van der Waals surface area contributed by atoms with Crippen LogP contribution in [0.2, 0.25) is 5.02 Å². The zero-order chi connectivity index (χ0) is 13.0. The van der Waals surface area contributed by atoms with E-state index in [9.17, 15) is 4.39 Å². The first-order valence-electron chi connectivity index (χ1n) is 6.55. The van der Waals surface area contributed by atoms with Gasteiger partial charge in [-0.1, -0.05) is 11.6 Å². The number of rotatable bonds is 4. The highest BCUT2D eigenvalue weighted by molar-refractivity contribution is 6.30. The minimum absolute atomic E-state index is 0.256. The van der Waals surface area contributed by atoms with Gasteiger partial charge in [0.2, 0.25) is 0 Å². The zero-order valence-electron chi connectivity index (χ0n) is 10.5. The molecule has 0 aromatic heterocycles. The molecule has 0 radical (unpaired) electrons. The van der Waals surface area contributed by atoms with Gasteiger partial charge in [0, 0.05) is 18.1 Å². The molecule has 1 heterocycles. The van der Waals surface area contributed by atoms with Crippen molar-refractivity contribution in [1.29, 1.82) is 0 Å². The van der Waals surface area contributed by atoms with Gasteiger partial charge in [-0.3, -0.25) is 4.90 Å². The van der Waals surface area contributed by atoms with E-state index in [1.807, 2.05) is 6.07 Å². The largest absolute Gasteiger partial charge is 0.330 e. The third kappa shape index (κ3) is 3.94. The summed E-state index contributed by atoms with van der Waals surface area (Å²) < 4.78 is 13.3. The molecule has 1 aliphatic rings. The summed E-state index contributed by atoms with van der Waals surface area (Å²) in [4.78, 5) is 2.37. The fraction of sp³-hybridized carbons (Fsp3) is 0.571. The summed E-state index contributed by atoms with van der Waals surface area (Å²) in [5, 5.41) is 0.473. The smallest absolute Gasteiger partial charge is 0.125 e. The van der Waals surface area contributed by atoms with Crippen molar-refractivity contribution < 1.29 is 4.39 Å². The van der Waals surface area contributed by atoms with Crippen molar-refractivity contribution in [1.82, 2.24) is 4.90 Å². The third-order valence-corrected chi connectivity index (χ3v) is 3.72. The van der Waals surface area contributed by atoms with Gasteiger partial charge < -0.3 is 5.73 Å². The van der Waals surface area contributed by atoms with Crippen LogP contribution in [-0.2, 0) is 6.54 Å². The second-order valence-corrected chi connectivity index (χ2v) is 5.53. The molecular formula is C14H20ClFN2. The lowest BCUT2D eigenvalue weighted by atomic mass is 9.94. The minimum atomic E-state index is -0.256. The SMILES string of the molecule is NCCC1CCCN(Cc2cc(F)cc(Cl)c2)C1. The van der Waals surface area contributed by atoms with Crippen molar-refractivity contribution in [2.24, 2.45) is 11.7 Å². The third-order valence-electron chi connectivity index (χ3n) is 3.51. The summed E-state index contributed by atoms with van der Waals surface area (Å²) >= 11 is 5.87. The van der Waals surface area contributed by atoms with Gasteiger partial charge in [-0.2, -0.15) is 0 Å². The predicted octanol–water partition coefficient (Wildman–Crippen LogP) is 3.04. The molecule has 1 saturated heterocycles.